The minimum absolute atomic E-state index is 0.0168. The van der Waals surface area contributed by atoms with Gasteiger partial charge in [-0.3, -0.25) is 4.79 Å². The number of nitrogens with two attached hydrogens (primary N) is 1. The molecule has 2 fully saturated rings. The highest BCUT2D eigenvalue weighted by Crippen LogP contribution is 2.46. The van der Waals surface area contributed by atoms with Crippen LogP contribution in [0, 0.1) is 5.41 Å². The highest BCUT2D eigenvalue weighted by molar-refractivity contribution is 5.85. The molecular weight excluding hydrogens is 164 g/mol. The molecule has 1 amide bonds. The van der Waals surface area contributed by atoms with Gasteiger partial charge in [-0.2, -0.15) is 0 Å². The summed E-state index contributed by atoms with van der Waals surface area (Å²) in [6.07, 6.45) is 4.28. The van der Waals surface area contributed by atoms with Crippen molar-refractivity contribution in [1.29, 1.82) is 0 Å². The molecule has 0 unspecified atom stereocenters. The molecule has 3 nitrogen and oxygen atoms in total. The van der Waals surface area contributed by atoms with Crippen molar-refractivity contribution in [2.75, 3.05) is 13.1 Å². The molecule has 0 aromatic heterocycles. The molecule has 1 saturated carbocycles. The first kappa shape index (κ1) is 9.00. The van der Waals surface area contributed by atoms with Crippen LogP contribution in [-0.4, -0.2) is 29.9 Å². The fourth-order valence-electron chi connectivity index (χ4n) is 1.98. The van der Waals surface area contributed by atoms with Crippen LogP contribution >= 0.6 is 0 Å². The summed E-state index contributed by atoms with van der Waals surface area (Å²) in [6, 6.07) is 0.208. The van der Waals surface area contributed by atoms with Crippen molar-refractivity contribution in [1.82, 2.24) is 4.90 Å². The van der Waals surface area contributed by atoms with Crippen LogP contribution in [0.25, 0.3) is 0 Å². The molecule has 0 radical (unpaired) electrons. The summed E-state index contributed by atoms with van der Waals surface area (Å²) < 4.78 is 0. The monoisotopic (exact) mass is 182 g/mol. The van der Waals surface area contributed by atoms with Crippen LogP contribution in [0.1, 0.15) is 32.6 Å². The van der Waals surface area contributed by atoms with Gasteiger partial charge < -0.3 is 10.6 Å². The number of rotatable bonds is 1. The Morgan fingerprint density at radius 2 is 2.23 bits per heavy atom. The second-order valence-electron chi connectivity index (χ2n) is 4.71. The first-order valence-electron chi connectivity index (χ1n) is 5.17. The molecule has 0 aromatic rings. The molecular formula is C10H18N2O. The summed E-state index contributed by atoms with van der Waals surface area (Å²) in [4.78, 5) is 13.9. The fraction of sp³-hybridized carbons (Fsp3) is 0.900. The van der Waals surface area contributed by atoms with Crippen molar-refractivity contribution >= 4 is 5.91 Å². The van der Waals surface area contributed by atoms with Crippen LogP contribution < -0.4 is 5.73 Å². The van der Waals surface area contributed by atoms with Gasteiger partial charge in [0.15, 0.2) is 0 Å². The van der Waals surface area contributed by atoms with Gasteiger partial charge in [-0.1, -0.05) is 6.92 Å². The first-order chi connectivity index (χ1) is 6.12. The summed E-state index contributed by atoms with van der Waals surface area (Å²) in [5.74, 6) is 0.336. The third-order valence-electron chi connectivity index (χ3n) is 3.26. The van der Waals surface area contributed by atoms with E-state index in [-0.39, 0.29) is 11.5 Å². The van der Waals surface area contributed by atoms with E-state index in [1.54, 1.807) is 0 Å². The topological polar surface area (TPSA) is 46.3 Å². The molecule has 3 heteroatoms. The molecule has 1 saturated heterocycles. The lowest BCUT2D eigenvalue weighted by molar-refractivity contribution is -0.137. The Bertz CT molecular complexity index is 223. The smallest absolute Gasteiger partial charge is 0.228 e. The average molecular weight is 182 g/mol. The normalized spacial score (nSPS) is 31.5. The minimum atomic E-state index is -0.0168. The maximum Gasteiger partial charge on any atom is 0.228 e. The molecule has 1 heterocycles. The van der Waals surface area contributed by atoms with Crippen LogP contribution in [0.15, 0.2) is 0 Å². The van der Waals surface area contributed by atoms with Gasteiger partial charge in [0.1, 0.15) is 0 Å². The van der Waals surface area contributed by atoms with Crippen LogP contribution in [0.2, 0.25) is 0 Å². The zero-order valence-electron chi connectivity index (χ0n) is 8.25. The zero-order valence-corrected chi connectivity index (χ0v) is 8.25. The number of likely N-dealkylation sites (tertiary alicyclic amines) is 1. The highest BCUT2D eigenvalue weighted by Gasteiger charge is 2.47. The summed E-state index contributed by atoms with van der Waals surface area (Å²) >= 11 is 0. The molecule has 0 spiro atoms. The van der Waals surface area contributed by atoms with Crippen molar-refractivity contribution in [2.45, 2.75) is 38.6 Å². The number of nitrogens with zero attached hydrogens (tertiary/aromatic N) is 1. The summed E-state index contributed by atoms with van der Waals surface area (Å²) in [6.45, 7) is 3.76. The van der Waals surface area contributed by atoms with Crippen LogP contribution in [0.5, 0.6) is 0 Å². The quantitative estimate of drug-likeness (QED) is 0.650. The zero-order chi connectivity index (χ0) is 9.47. The number of carbonyl (C=O) groups excluding carboxylic acids is 1. The standard InChI is InChI=1S/C10H18N2O/c1-10(4-5-10)9(13)12-6-2-3-8(11)7-12/h8H,2-7,11H2,1H3/t8-/m0/s1. The van der Waals surface area contributed by atoms with Gasteiger partial charge in [0.25, 0.3) is 0 Å². The second-order valence-corrected chi connectivity index (χ2v) is 4.71. The Morgan fingerprint density at radius 1 is 1.54 bits per heavy atom. The van der Waals surface area contributed by atoms with Crippen molar-refractivity contribution in [3.8, 4) is 0 Å². The van der Waals surface area contributed by atoms with E-state index < -0.39 is 0 Å². The van der Waals surface area contributed by atoms with Gasteiger partial charge in [0.2, 0.25) is 5.91 Å². The number of hydrogen-bond acceptors (Lipinski definition) is 2. The molecule has 0 aromatic carbocycles. The molecule has 1 aliphatic carbocycles. The molecule has 74 valence electrons. The van der Waals surface area contributed by atoms with Crippen LogP contribution in [0.3, 0.4) is 0 Å². The fourth-order valence-corrected chi connectivity index (χ4v) is 1.98. The lowest BCUT2D eigenvalue weighted by Gasteiger charge is -2.32. The molecule has 13 heavy (non-hydrogen) atoms. The predicted molar refractivity (Wildman–Crippen MR) is 51.1 cm³/mol. The van der Waals surface area contributed by atoms with E-state index >= 15 is 0 Å². The van der Waals surface area contributed by atoms with E-state index in [4.69, 9.17) is 5.73 Å². The summed E-state index contributed by atoms with van der Waals surface area (Å²) in [5.41, 5.74) is 5.82. The molecule has 2 rings (SSSR count). The number of hydrogen-bond donors (Lipinski definition) is 1. The molecule has 0 bridgehead atoms. The maximum atomic E-state index is 11.9. The largest absolute Gasteiger partial charge is 0.341 e. The average Bonchev–Trinajstić information content (AvgIpc) is 2.84. The third-order valence-corrected chi connectivity index (χ3v) is 3.26. The predicted octanol–water partition coefficient (Wildman–Crippen LogP) is 0.736. The van der Waals surface area contributed by atoms with E-state index in [0.717, 1.165) is 38.8 Å². The number of amides is 1. The molecule has 1 aliphatic heterocycles. The van der Waals surface area contributed by atoms with Gasteiger partial charge in [-0.15, -0.1) is 0 Å². The Balaban J connectivity index is 1.96. The van der Waals surface area contributed by atoms with E-state index in [1.165, 1.54) is 0 Å². The van der Waals surface area contributed by atoms with Crippen LogP contribution in [-0.2, 0) is 4.79 Å². The van der Waals surface area contributed by atoms with Crippen molar-refractivity contribution in [3.63, 3.8) is 0 Å². The van der Waals surface area contributed by atoms with E-state index in [0.29, 0.717) is 5.91 Å². The Hall–Kier alpha value is -0.570. The van der Waals surface area contributed by atoms with Crippen molar-refractivity contribution < 1.29 is 4.79 Å². The SMILES string of the molecule is CC1(C(=O)N2CCC[C@H](N)C2)CC1. The second kappa shape index (κ2) is 2.98. The lowest BCUT2D eigenvalue weighted by Crippen LogP contribution is -2.47. The minimum Gasteiger partial charge on any atom is -0.341 e. The summed E-state index contributed by atoms with van der Waals surface area (Å²) in [7, 11) is 0. The van der Waals surface area contributed by atoms with Gasteiger partial charge in [0.05, 0.1) is 0 Å². The van der Waals surface area contributed by atoms with Gasteiger partial charge in [0, 0.05) is 24.5 Å². The molecule has 2 aliphatic rings. The highest BCUT2D eigenvalue weighted by atomic mass is 16.2. The van der Waals surface area contributed by atoms with Crippen LogP contribution in [0.4, 0.5) is 0 Å². The van der Waals surface area contributed by atoms with Gasteiger partial charge in [-0.25, -0.2) is 0 Å². The van der Waals surface area contributed by atoms with Crippen molar-refractivity contribution in [3.05, 3.63) is 0 Å². The Labute approximate surface area is 79.3 Å². The molecule has 1 atom stereocenters. The third kappa shape index (κ3) is 1.70. The molecule has 2 N–H and O–H groups in total. The lowest BCUT2D eigenvalue weighted by atomic mass is 10.0. The first-order valence-corrected chi connectivity index (χ1v) is 5.17. The van der Waals surface area contributed by atoms with Crippen molar-refractivity contribution in [2.24, 2.45) is 11.1 Å². The number of carbonyl (C=O) groups is 1. The maximum absolute atomic E-state index is 11.9. The Morgan fingerprint density at radius 3 is 2.77 bits per heavy atom. The van der Waals surface area contributed by atoms with E-state index in [9.17, 15) is 4.79 Å². The number of piperidine rings is 1. The van der Waals surface area contributed by atoms with E-state index in [1.807, 2.05) is 4.90 Å². The summed E-state index contributed by atoms with van der Waals surface area (Å²) in [5, 5.41) is 0. The van der Waals surface area contributed by atoms with Gasteiger partial charge in [-0.05, 0) is 25.7 Å². The van der Waals surface area contributed by atoms with Gasteiger partial charge >= 0.3 is 0 Å². The van der Waals surface area contributed by atoms with E-state index in [2.05, 4.69) is 6.92 Å². The Kier molecular flexibility index (Phi) is 2.06.